The molecule has 3 heterocycles. The van der Waals surface area contributed by atoms with Gasteiger partial charge in [0.2, 0.25) is 0 Å². The molecule has 2 atom stereocenters. The zero-order valence-electron chi connectivity index (χ0n) is 17.8. The Labute approximate surface area is 187 Å². The van der Waals surface area contributed by atoms with Crippen molar-refractivity contribution in [1.82, 2.24) is 19.9 Å². The molecule has 4 rings (SSSR count). The van der Waals surface area contributed by atoms with Crippen LogP contribution in [0.25, 0.3) is 11.4 Å². The van der Waals surface area contributed by atoms with Gasteiger partial charge in [0, 0.05) is 37.2 Å². The number of pyridine rings is 1. The number of aryl methyl sites for hydroxylation is 1. The van der Waals surface area contributed by atoms with Crippen LogP contribution in [0.4, 0.5) is 5.82 Å². The fraction of sp³-hybridized carbons (Fsp3) is 0.333. The molecule has 1 aliphatic heterocycles. The minimum atomic E-state index is 0.0218. The number of carbonyl (C=O) groups is 1. The normalized spacial score (nSPS) is 18.6. The summed E-state index contributed by atoms with van der Waals surface area (Å²) in [7, 11) is 0. The Morgan fingerprint density at radius 1 is 1.16 bits per heavy atom. The molecular weight excluding hydrogens is 410 g/mol. The maximum atomic E-state index is 13.8. The quantitative estimate of drug-likeness (QED) is 0.620. The highest BCUT2D eigenvalue weighted by Gasteiger charge is 2.33. The lowest BCUT2D eigenvalue weighted by atomic mass is 9.89. The molecule has 1 aromatic carbocycles. The zero-order valence-corrected chi connectivity index (χ0v) is 18.5. The average molecular weight is 436 g/mol. The van der Waals surface area contributed by atoms with E-state index in [1.54, 1.807) is 24.7 Å². The molecule has 31 heavy (non-hydrogen) atoms. The van der Waals surface area contributed by atoms with Gasteiger partial charge in [-0.05, 0) is 55.5 Å². The van der Waals surface area contributed by atoms with Crippen LogP contribution < -0.4 is 5.32 Å². The number of carbonyl (C=O) groups excluding carboxylic acids is 1. The number of rotatable bonds is 5. The van der Waals surface area contributed by atoms with Crippen molar-refractivity contribution in [2.75, 3.05) is 18.4 Å². The van der Waals surface area contributed by atoms with Crippen LogP contribution in [0.1, 0.15) is 35.7 Å². The van der Waals surface area contributed by atoms with Gasteiger partial charge in [-0.15, -0.1) is 0 Å². The monoisotopic (exact) mass is 435 g/mol. The van der Waals surface area contributed by atoms with Gasteiger partial charge in [-0.25, -0.2) is 15.0 Å². The third kappa shape index (κ3) is 4.69. The molecule has 0 radical (unpaired) electrons. The van der Waals surface area contributed by atoms with Gasteiger partial charge in [0.25, 0.3) is 5.91 Å². The number of amides is 1. The molecule has 1 unspecified atom stereocenters. The Morgan fingerprint density at radius 2 is 1.97 bits per heavy atom. The van der Waals surface area contributed by atoms with Crippen LogP contribution in [0.5, 0.6) is 0 Å². The standard InChI is InChI=1S/C24H26ClN5O/c1-16-7-4-13-30(20(16)15-29-21-10-9-18(25)14-28-21)24(31)19-8-3-6-17(2)22(19)23-26-11-5-12-27-23/h3,5-6,8-12,14,16,20H,4,7,13,15H2,1-2H3,(H,28,29)/t16-,20?/m1/s1. The molecule has 0 aliphatic carbocycles. The first-order valence-electron chi connectivity index (χ1n) is 10.6. The highest BCUT2D eigenvalue weighted by atomic mass is 35.5. The van der Waals surface area contributed by atoms with Gasteiger partial charge in [-0.2, -0.15) is 0 Å². The van der Waals surface area contributed by atoms with Crippen LogP contribution in [0, 0.1) is 12.8 Å². The van der Waals surface area contributed by atoms with Gasteiger partial charge < -0.3 is 10.2 Å². The fourth-order valence-corrected chi connectivity index (χ4v) is 4.34. The number of halogens is 1. The first kappa shape index (κ1) is 21.2. The summed E-state index contributed by atoms with van der Waals surface area (Å²) in [6, 6.07) is 11.3. The number of nitrogens with zero attached hydrogens (tertiary/aromatic N) is 4. The van der Waals surface area contributed by atoms with Crippen LogP contribution in [0.3, 0.4) is 0 Å². The number of hydrogen-bond donors (Lipinski definition) is 1. The van der Waals surface area contributed by atoms with Gasteiger partial charge in [0.1, 0.15) is 5.82 Å². The number of benzene rings is 1. The second-order valence-corrected chi connectivity index (χ2v) is 8.43. The van der Waals surface area contributed by atoms with Crippen LogP contribution in [0.15, 0.2) is 55.0 Å². The molecule has 160 valence electrons. The van der Waals surface area contributed by atoms with Gasteiger partial charge in [-0.1, -0.05) is 30.7 Å². The maximum Gasteiger partial charge on any atom is 0.254 e. The summed E-state index contributed by atoms with van der Waals surface area (Å²) in [5.74, 6) is 1.73. The highest BCUT2D eigenvalue weighted by molar-refractivity contribution is 6.30. The smallest absolute Gasteiger partial charge is 0.254 e. The van der Waals surface area contributed by atoms with E-state index in [9.17, 15) is 4.79 Å². The molecule has 6 nitrogen and oxygen atoms in total. The van der Waals surface area contributed by atoms with Crippen molar-refractivity contribution in [1.29, 1.82) is 0 Å². The minimum absolute atomic E-state index is 0.0218. The molecule has 1 amide bonds. The third-order valence-electron chi connectivity index (χ3n) is 5.89. The maximum absolute atomic E-state index is 13.8. The zero-order chi connectivity index (χ0) is 21.8. The number of aromatic nitrogens is 3. The van der Waals surface area contributed by atoms with E-state index in [2.05, 4.69) is 27.2 Å². The Balaban J connectivity index is 1.62. The molecule has 0 spiro atoms. The van der Waals surface area contributed by atoms with E-state index in [1.807, 2.05) is 42.2 Å². The molecule has 1 saturated heterocycles. The summed E-state index contributed by atoms with van der Waals surface area (Å²) in [5.41, 5.74) is 2.44. The molecule has 1 N–H and O–H groups in total. The predicted octanol–water partition coefficient (Wildman–Crippen LogP) is 4.85. The SMILES string of the molecule is Cc1cccc(C(=O)N2CCC[C@@H](C)C2CNc2ccc(Cl)cn2)c1-c1ncccn1. The van der Waals surface area contributed by atoms with Crippen molar-refractivity contribution in [3.05, 3.63) is 71.1 Å². The molecule has 1 aliphatic rings. The fourth-order valence-electron chi connectivity index (χ4n) is 4.23. The van der Waals surface area contributed by atoms with Gasteiger partial charge in [-0.3, -0.25) is 4.79 Å². The Morgan fingerprint density at radius 3 is 2.71 bits per heavy atom. The Kier molecular flexibility index (Phi) is 6.47. The van der Waals surface area contributed by atoms with Crippen LogP contribution in [0.2, 0.25) is 5.02 Å². The highest BCUT2D eigenvalue weighted by Crippen LogP contribution is 2.30. The van der Waals surface area contributed by atoms with E-state index in [0.717, 1.165) is 36.3 Å². The summed E-state index contributed by atoms with van der Waals surface area (Å²) in [4.78, 5) is 28.9. The van der Waals surface area contributed by atoms with E-state index in [0.29, 0.717) is 28.9 Å². The van der Waals surface area contributed by atoms with Crippen molar-refractivity contribution in [3.8, 4) is 11.4 Å². The van der Waals surface area contributed by atoms with E-state index in [1.165, 1.54) is 0 Å². The summed E-state index contributed by atoms with van der Waals surface area (Å²) in [6.45, 7) is 5.56. The molecule has 3 aromatic rings. The topological polar surface area (TPSA) is 71.0 Å². The Bertz CT molecular complexity index is 1040. The first-order valence-corrected chi connectivity index (χ1v) is 11.0. The number of likely N-dealkylation sites (tertiary alicyclic amines) is 1. The summed E-state index contributed by atoms with van der Waals surface area (Å²) in [5, 5.41) is 3.98. The van der Waals surface area contributed by atoms with Crippen LogP contribution in [-0.4, -0.2) is 44.9 Å². The summed E-state index contributed by atoms with van der Waals surface area (Å²) in [6.07, 6.45) is 7.11. The average Bonchev–Trinajstić information content (AvgIpc) is 2.79. The largest absolute Gasteiger partial charge is 0.368 e. The third-order valence-corrected chi connectivity index (χ3v) is 6.11. The minimum Gasteiger partial charge on any atom is -0.368 e. The van der Waals surface area contributed by atoms with E-state index < -0.39 is 0 Å². The predicted molar refractivity (Wildman–Crippen MR) is 123 cm³/mol. The summed E-state index contributed by atoms with van der Waals surface area (Å²) >= 11 is 5.94. The molecule has 1 fully saturated rings. The number of nitrogens with one attached hydrogen (secondary N) is 1. The second kappa shape index (κ2) is 9.43. The van der Waals surface area contributed by atoms with Crippen LogP contribution in [-0.2, 0) is 0 Å². The lowest BCUT2D eigenvalue weighted by molar-refractivity contribution is 0.0540. The van der Waals surface area contributed by atoms with Gasteiger partial charge in [0.15, 0.2) is 5.82 Å². The van der Waals surface area contributed by atoms with Gasteiger partial charge >= 0.3 is 0 Å². The van der Waals surface area contributed by atoms with Gasteiger partial charge in [0.05, 0.1) is 16.6 Å². The number of anilines is 1. The van der Waals surface area contributed by atoms with E-state index >= 15 is 0 Å². The summed E-state index contributed by atoms with van der Waals surface area (Å²) < 4.78 is 0. The Hall–Kier alpha value is -2.99. The number of hydrogen-bond acceptors (Lipinski definition) is 5. The molecule has 7 heteroatoms. The van der Waals surface area contributed by atoms with Crippen molar-refractivity contribution >= 4 is 23.3 Å². The molecular formula is C24H26ClN5O. The van der Waals surface area contributed by atoms with Crippen molar-refractivity contribution < 1.29 is 4.79 Å². The lowest BCUT2D eigenvalue weighted by Gasteiger charge is -2.40. The van der Waals surface area contributed by atoms with Crippen molar-refractivity contribution in [2.45, 2.75) is 32.7 Å². The number of piperidine rings is 1. The van der Waals surface area contributed by atoms with E-state index in [-0.39, 0.29) is 11.9 Å². The molecule has 2 aromatic heterocycles. The van der Waals surface area contributed by atoms with Crippen LogP contribution >= 0.6 is 11.6 Å². The molecule has 0 bridgehead atoms. The second-order valence-electron chi connectivity index (χ2n) is 8.00. The molecule has 0 saturated carbocycles. The first-order chi connectivity index (χ1) is 15.0. The van der Waals surface area contributed by atoms with Crippen molar-refractivity contribution in [2.24, 2.45) is 5.92 Å². The van der Waals surface area contributed by atoms with Crippen molar-refractivity contribution in [3.63, 3.8) is 0 Å². The van der Waals surface area contributed by atoms with E-state index in [4.69, 9.17) is 11.6 Å². The lowest BCUT2D eigenvalue weighted by Crippen LogP contribution is -2.51.